The molecule has 0 N–H and O–H groups in total. The normalized spacial score (nSPS) is 12.8. The van der Waals surface area contributed by atoms with Crippen molar-refractivity contribution in [2.75, 3.05) is 9.80 Å². The van der Waals surface area contributed by atoms with Crippen molar-refractivity contribution in [2.24, 2.45) is 0 Å². The van der Waals surface area contributed by atoms with Gasteiger partial charge in [-0.05, 0) is 162 Å². The largest absolute Gasteiger partial charge is 0.454 e. The molecule has 79 heavy (non-hydrogen) atoms. The molecule has 0 saturated carbocycles. The smallest absolute Gasteiger partial charge is 0.159 e. The van der Waals surface area contributed by atoms with Gasteiger partial charge in [-0.3, -0.25) is 0 Å². The van der Waals surface area contributed by atoms with E-state index >= 15 is 0 Å². The average molecular weight is 1010 g/mol. The van der Waals surface area contributed by atoms with Crippen LogP contribution in [0.4, 0.5) is 34.1 Å². The molecule has 0 unspecified atom stereocenters. The van der Waals surface area contributed by atoms with Gasteiger partial charge >= 0.3 is 0 Å². The molecule has 0 atom stereocenters. The molecular weight excluding hydrogens is 961 g/mol. The van der Waals surface area contributed by atoms with Gasteiger partial charge in [0.1, 0.15) is 11.2 Å². The third-order valence-electron chi connectivity index (χ3n) is 16.8. The van der Waals surface area contributed by atoms with Crippen LogP contribution in [-0.2, 0) is 5.41 Å². The summed E-state index contributed by atoms with van der Waals surface area (Å²) >= 11 is 0. The Morgan fingerprint density at radius 1 is 0.291 bits per heavy atom. The predicted molar refractivity (Wildman–Crippen MR) is 331 cm³/mol. The van der Waals surface area contributed by atoms with E-state index in [1.165, 1.54) is 71.3 Å². The van der Waals surface area contributed by atoms with Crippen molar-refractivity contribution in [1.82, 2.24) is 0 Å². The number of hydrogen-bond donors (Lipinski definition) is 0. The molecule has 0 aliphatic heterocycles. The van der Waals surface area contributed by atoms with Crippen LogP contribution < -0.4 is 9.80 Å². The van der Waals surface area contributed by atoms with E-state index < -0.39 is 0 Å². The van der Waals surface area contributed by atoms with Crippen molar-refractivity contribution < 1.29 is 8.83 Å². The van der Waals surface area contributed by atoms with Crippen molar-refractivity contribution in [3.63, 3.8) is 0 Å². The first-order chi connectivity index (χ1) is 38.9. The van der Waals surface area contributed by atoms with Gasteiger partial charge in [0, 0.05) is 49.7 Å². The molecule has 0 radical (unpaired) electrons. The Bertz CT molecular complexity index is 4920. The van der Waals surface area contributed by atoms with E-state index in [9.17, 15) is 0 Å². The molecule has 4 heteroatoms. The summed E-state index contributed by atoms with van der Waals surface area (Å²) in [5, 5.41) is 12.1. The fraction of sp³-hybridized carbons (Fsp3) is 0.0400. The first-order valence-corrected chi connectivity index (χ1v) is 27.2. The highest BCUT2D eigenvalue weighted by Gasteiger charge is 2.40. The fourth-order valence-electron chi connectivity index (χ4n) is 13.2. The molecule has 1 aliphatic carbocycles. The predicted octanol–water partition coefficient (Wildman–Crippen LogP) is 21.5. The van der Waals surface area contributed by atoms with Crippen molar-refractivity contribution in [3.8, 4) is 33.4 Å². The van der Waals surface area contributed by atoms with Crippen LogP contribution in [0.3, 0.4) is 0 Å². The van der Waals surface area contributed by atoms with Gasteiger partial charge in [0.25, 0.3) is 0 Å². The van der Waals surface area contributed by atoms with E-state index in [2.05, 4.69) is 266 Å². The van der Waals surface area contributed by atoms with Crippen LogP contribution in [0.15, 0.2) is 276 Å². The molecule has 0 fully saturated rings. The molecular formula is C75H50N2O2. The van der Waals surface area contributed by atoms with E-state index in [1.807, 2.05) is 24.3 Å². The topological polar surface area (TPSA) is 32.8 Å². The highest BCUT2D eigenvalue weighted by Crippen LogP contribution is 2.57. The SMILES string of the molecule is CC1(C)c2c(ccc3cc(-c4ccc(N(c5ccccc5)c5cccc6c5oc5ccccc56)cc4)ccc23)-c2c1c1ccc(-c3ccc(N(c4ccccc4)c4cccc5c4oc4ccccc45)cc3)cc1c1ccccc21. The fourth-order valence-corrected chi connectivity index (χ4v) is 13.2. The molecule has 0 saturated heterocycles. The van der Waals surface area contributed by atoms with Gasteiger partial charge in [0.15, 0.2) is 11.2 Å². The third kappa shape index (κ3) is 6.94. The van der Waals surface area contributed by atoms with Crippen LogP contribution in [0, 0.1) is 0 Å². The van der Waals surface area contributed by atoms with Gasteiger partial charge in [-0.2, -0.15) is 0 Å². The number of nitrogens with zero attached hydrogens (tertiary/aromatic N) is 2. The molecule has 2 heterocycles. The first-order valence-electron chi connectivity index (χ1n) is 27.2. The summed E-state index contributed by atoms with van der Waals surface area (Å²) in [6.45, 7) is 4.86. The number of para-hydroxylation sites is 6. The average Bonchev–Trinajstić information content (AvgIpc) is 4.12. The summed E-state index contributed by atoms with van der Waals surface area (Å²) in [4.78, 5) is 4.61. The lowest BCUT2D eigenvalue weighted by Crippen LogP contribution is -2.16. The lowest BCUT2D eigenvalue weighted by atomic mass is 9.77. The second-order valence-corrected chi connectivity index (χ2v) is 21.5. The Hall–Kier alpha value is -10.2. The highest BCUT2D eigenvalue weighted by atomic mass is 16.3. The van der Waals surface area contributed by atoms with Crippen LogP contribution in [0.25, 0.3) is 110 Å². The van der Waals surface area contributed by atoms with Gasteiger partial charge in [-0.25, -0.2) is 0 Å². The molecule has 2 aromatic heterocycles. The van der Waals surface area contributed by atoms with Crippen molar-refractivity contribution >= 4 is 110 Å². The molecule has 372 valence electrons. The number of rotatable bonds is 8. The van der Waals surface area contributed by atoms with Crippen LogP contribution in [0.1, 0.15) is 25.0 Å². The highest BCUT2D eigenvalue weighted by molar-refractivity contribution is 6.20. The lowest BCUT2D eigenvalue weighted by Gasteiger charge is -2.26. The number of fused-ring (bicyclic) bond motifs is 16. The molecule has 13 aromatic carbocycles. The minimum atomic E-state index is -0.272. The number of benzene rings is 13. The summed E-state index contributed by atoms with van der Waals surface area (Å²) in [5.41, 5.74) is 19.7. The van der Waals surface area contributed by atoms with E-state index in [0.29, 0.717) is 0 Å². The van der Waals surface area contributed by atoms with Gasteiger partial charge in [0.2, 0.25) is 0 Å². The molecule has 0 spiro atoms. The van der Waals surface area contributed by atoms with E-state index in [-0.39, 0.29) is 5.41 Å². The Morgan fingerprint density at radius 2 is 0.734 bits per heavy atom. The van der Waals surface area contributed by atoms with Crippen molar-refractivity contribution in [3.05, 3.63) is 278 Å². The molecule has 0 bridgehead atoms. The monoisotopic (exact) mass is 1010 g/mol. The van der Waals surface area contributed by atoms with Gasteiger partial charge in [0.05, 0.1) is 11.4 Å². The van der Waals surface area contributed by atoms with E-state index in [4.69, 9.17) is 8.83 Å². The van der Waals surface area contributed by atoms with Crippen LogP contribution in [-0.4, -0.2) is 0 Å². The number of furan rings is 2. The zero-order chi connectivity index (χ0) is 52.3. The van der Waals surface area contributed by atoms with Gasteiger partial charge < -0.3 is 18.6 Å². The maximum atomic E-state index is 6.59. The Morgan fingerprint density at radius 3 is 1.29 bits per heavy atom. The summed E-state index contributed by atoms with van der Waals surface area (Å²) in [7, 11) is 0. The van der Waals surface area contributed by atoms with Crippen LogP contribution in [0.5, 0.6) is 0 Å². The summed E-state index contributed by atoms with van der Waals surface area (Å²) < 4.78 is 13.2. The maximum absolute atomic E-state index is 6.59. The Kier molecular flexibility index (Phi) is 9.95. The Labute approximate surface area is 457 Å². The summed E-state index contributed by atoms with van der Waals surface area (Å²) in [6, 6.07) is 96.5. The molecule has 4 nitrogen and oxygen atoms in total. The third-order valence-corrected chi connectivity index (χ3v) is 16.8. The van der Waals surface area contributed by atoms with Crippen LogP contribution in [0.2, 0.25) is 0 Å². The van der Waals surface area contributed by atoms with Crippen molar-refractivity contribution in [2.45, 2.75) is 19.3 Å². The summed E-state index contributed by atoms with van der Waals surface area (Å²) in [5.74, 6) is 0. The Balaban J connectivity index is 0.753. The lowest BCUT2D eigenvalue weighted by molar-refractivity contribution is 0.668. The molecule has 15 aromatic rings. The van der Waals surface area contributed by atoms with Crippen LogP contribution >= 0.6 is 0 Å². The number of anilines is 6. The standard InChI is InChI=1S/C75H50N2O2/c1-75(2)71-56-42-35-49(47-31-38-54(39-32-47)76(52-17-5-3-6-18-52)66-27-15-25-62-58-22-11-13-29-68(58)78-73(62)66)45-51(56)37-44-64(71)70-60-24-10-9-21-57(60)65-46-50(36-43-61(65)72(70)75)48-33-40-55(41-34-48)77(53-19-7-4-8-20-53)67-28-16-26-63-59-23-12-14-30-69(59)79-74(63)67/h3-46H,1-2H3. The molecule has 1 aliphatic rings. The molecule has 0 amide bonds. The van der Waals surface area contributed by atoms with Crippen molar-refractivity contribution in [1.29, 1.82) is 0 Å². The van der Waals surface area contributed by atoms with E-state index in [1.54, 1.807) is 0 Å². The van der Waals surface area contributed by atoms with E-state index in [0.717, 1.165) is 83.6 Å². The second-order valence-electron chi connectivity index (χ2n) is 21.5. The minimum Gasteiger partial charge on any atom is -0.454 e. The maximum Gasteiger partial charge on any atom is 0.159 e. The summed E-state index contributed by atoms with van der Waals surface area (Å²) in [6.07, 6.45) is 0. The zero-order valence-corrected chi connectivity index (χ0v) is 43.6. The number of hydrogen-bond acceptors (Lipinski definition) is 4. The van der Waals surface area contributed by atoms with Gasteiger partial charge in [-0.1, -0.05) is 196 Å². The quantitative estimate of drug-likeness (QED) is 0.142. The zero-order valence-electron chi connectivity index (χ0n) is 43.6. The first kappa shape index (κ1) is 45.1. The second kappa shape index (κ2) is 17.4. The van der Waals surface area contributed by atoms with Gasteiger partial charge in [-0.15, -0.1) is 0 Å². The minimum absolute atomic E-state index is 0.272. The molecule has 16 rings (SSSR count).